The van der Waals surface area contributed by atoms with E-state index in [1.807, 2.05) is 6.07 Å². The molecular weight excluding hydrogens is 387 g/mol. The second-order valence-electron chi connectivity index (χ2n) is 7.37. The van der Waals surface area contributed by atoms with Crippen molar-refractivity contribution in [3.8, 4) is 0 Å². The van der Waals surface area contributed by atoms with E-state index in [1.165, 1.54) is 22.1 Å². The van der Waals surface area contributed by atoms with Gasteiger partial charge in [-0.1, -0.05) is 18.2 Å². The normalized spacial score (nSPS) is 15.8. The molecule has 2 aromatic rings. The van der Waals surface area contributed by atoms with Crippen molar-refractivity contribution in [1.29, 1.82) is 0 Å². The van der Waals surface area contributed by atoms with E-state index < -0.39 is 0 Å². The Morgan fingerprint density at radius 3 is 2.69 bits per heavy atom. The number of nitrogens with zero attached hydrogens (tertiary/aromatic N) is 1. The van der Waals surface area contributed by atoms with Gasteiger partial charge in [0.2, 0.25) is 5.91 Å². The Bertz CT molecular complexity index is 824. The van der Waals surface area contributed by atoms with Crippen LogP contribution in [0.2, 0.25) is 0 Å². The molecule has 0 aromatic heterocycles. The van der Waals surface area contributed by atoms with Crippen LogP contribution in [0, 0.1) is 19.7 Å². The van der Waals surface area contributed by atoms with Crippen molar-refractivity contribution in [2.75, 3.05) is 38.6 Å². The first-order valence-corrected chi connectivity index (χ1v) is 11.1. The third-order valence-corrected chi connectivity index (χ3v) is 6.28. The van der Waals surface area contributed by atoms with Gasteiger partial charge in [-0.15, -0.1) is 11.8 Å². The van der Waals surface area contributed by atoms with E-state index in [4.69, 9.17) is 4.74 Å². The van der Waals surface area contributed by atoms with Gasteiger partial charge in [0.25, 0.3) is 0 Å². The maximum absolute atomic E-state index is 13.7. The van der Waals surface area contributed by atoms with E-state index in [1.54, 1.807) is 23.9 Å². The van der Waals surface area contributed by atoms with Crippen LogP contribution < -0.4 is 5.32 Å². The first-order valence-electron chi connectivity index (χ1n) is 10.1. The Hall–Kier alpha value is -1.89. The molecule has 0 radical (unpaired) electrons. The van der Waals surface area contributed by atoms with Gasteiger partial charge in [0, 0.05) is 36.7 Å². The van der Waals surface area contributed by atoms with Gasteiger partial charge in [0.15, 0.2) is 0 Å². The van der Waals surface area contributed by atoms with Crippen molar-refractivity contribution in [2.24, 2.45) is 0 Å². The predicted molar refractivity (Wildman–Crippen MR) is 116 cm³/mol. The number of hydrogen-bond donors (Lipinski definition) is 1. The molecule has 156 valence electrons. The van der Waals surface area contributed by atoms with Crippen molar-refractivity contribution in [1.82, 2.24) is 10.2 Å². The zero-order valence-corrected chi connectivity index (χ0v) is 17.9. The molecule has 1 aliphatic heterocycles. The summed E-state index contributed by atoms with van der Waals surface area (Å²) in [6.45, 7) is 7.54. The van der Waals surface area contributed by atoms with Crippen LogP contribution >= 0.6 is 11.8 Å². The van der Waals surface area contributed by atoms with Gasteiger partial charge in [0.1, 0.15) is 5.82 Å². The maximum Gasteiger partial charge on any atom is 0.220 e. The van der Waals surface area contributed by atoms with E-state index >= 15 is 0 Å². The van der Waals surface area contributed by atoms with Gasteiger partial charge in [-0.3, -0.25) is 9.69 Å². The number of nitrogens with one attached hydrogen (secondary N) is 1. The summed E-state index contributed by atoms with van der Waals surface area (Å²) in [6.07, 6.45) is 0.455. The van der Waals surface area contributed by atoms with Gasteiger partial charge < -0.3 is 10.1 Å². The molecule has 1 fully saturated rings. The Morgan fingerprint density at radius 2 is 1.97 bits per heavy atom. The van der Waals surface area contributed by atoms with Gasteiger partial charge in [0.05, 0.1) is 19.3 Å². The first-order chi connectivity index (χ1) is 14.0. The summed E-state index contributed by atoms with van der Waals surface area (Å²) in [5.41, 5.74) is 3.43. The summed E-state index contributed by atoms with van der Waals surface area (Å²) in [6, 6.07) is 13.0. The summed E-state index contributed by atoms with van der Waals surface area (Å²) in [7, 11) is 0. The number of rotatable bonds is 8. The maximum atomic E-state index is 13.7. The van der Waals surface area contributed by atoms with E-state index in [2.05, 4.69) is 42.3 Å². The minimum Gasteiger partial charge on any atom is -0.379 e. The van der Waals surface area contributed by atoms with Crippen LogP contribution in [0.25, 0.3) is 0 Å². The molecule has 0 aliphatic carbocycles. The molecule has 1 atom stereocenters. The number of benzene rings is 2. The molecule has 6 heteroatoms. The highest BCUT2D eigenvalue weighted by Crippen LogP contribution is 2.23. The Morgan fingerprint density at radius 1 is 1.17 bits per heavy atom. The van der Waals surface area contributed by atoms with E-state index in [0.717, 1.165) is 24.4 Å². The highest BCUT2D eigenvalue weighted by Gasteiger charge is 2.23. The van der Waals surface area contributed by atoms with Crippen LogP contribution in [0.15, 0.2) is 47.4 Å². The molecule has 1 aliphatic rings. The average Bonchev–Trinajstić information content (AvgIpc) is 2.72. The lowest BCUT2D eigenvalue weighted by Crippen LogP contribution is -2.43. The number of carbonyl (C=O) groups is 1. The molecule has 4 nitrogen and oxygen atoms in total. The summed E-state index contributed by atoms with van der Waals surface area (Å²) in [5.74, 6) is 0.504. The molecule has 0 saturated carbocycles. The molecule has 1 heterocycles. The van der Waals surface area contributed by atoms with Crippen LogP contribution in [0.5, 0.6) is 0 Å². The molecule has 3 rings (SSSR count). The summed E-state index contributed by atoms with van der Waals surface area (Å²) in [5, 5.41) is 3.05. The van der Waals surface area contributed by atoms with Gasteiger partial charge in [-0.05, 0) is 54.8 Å². The van der Waals surface area contributed by atoms with Gasteiger partial charge in [-0.2, -0.15) is 0 Å². The minimum absolute atomic E-state index is 0.0241. The number of morpholine rings is 1. The zero-order chi connectivity index (χ0) is 20.6. The topological polar surface area (TPSA) is 41.6 Å². The molecule has 1 unspecified atom stereocenters. The van der Waals surface area contributed by atoms with Crippen molar-refractivity contribution in [2.45, 2.75) is 31.2 Å². The molecule has 0 spiro atoms. The minimum atomic E-state index is -0.253. The third kappa shape index (κ3) is 6.56. The van der Waals surface area contributed by atoms with Crippen LogP contribution in [0.1, 0.15) is 29.2 Å². The molecular formula is C23H29FN2O2S. The fourth-order valence-electron chi connectivity index (χ4n) is 3.42. The zero-order valence-electron chi connectivity index (χ0n) is 17.1. The smallest absolute Gasteiger partial charge is 0.220 e. The largest absolute Gasteiger partial charge is 0.379 e. The number of halogens is 1. The van der Waals surface area contributed by atoms with E-state index in [9.17, 15) is 9.18 Å². The predicted octanol–water partition coefficient (Wildman–Crippen LogP) is 4.11. The van der Waals surface area contributed by atoms with Crippen LogP contribution in [-0.4, -0.2) is 49.4 Å². The van der Waals surface area contributed by atoms with Gasteiger partial charge >= 0.3 is 0 Å². The number of amides is 1. The first kappa shape index (κ1) is 21.8. The van der Waals surface area contributed by atoms with Gasteiger partial charge in [-0.25, -0.2) is 4.39 Å². The number of aryl methyl sites for hydroxylation is 2. The quantitative estimate of drug-likeness (QED) is 0.658. The standard InChI is InChI=1S/C23H29FN2O2S/c1-17-6-7-21(14-18(17)2)29-13-8-23(27)25-16-22(26-9-11-28-12-10-26)19-4-3-5-20(24)15-19/h3-7,14-15,22H,8-13,16H2,1-2H3,(H,25,27). The van der Waals surface area contributed by atoms with Crippen molar-refractivity contribution in [3.05, 3.63) is 65.0 Å². The fraction of sp³-hybridized carbons (Fsp3) is 0.435. The summed E-state index contributed by atoms with van der Waals surface area (Å²) in [4.78, 5) is 15.8. The van der Waals surface area contributed by atoms with Crippen molar-refractivity contribution in [3.63, 3.8) is 0 Å². The van der Waals surface area contributed by atoms with E-state index in [-0.39, 0.29) is 17.8 Å². The number of carbonyl (C=O) groups excluding carboxylic acids is 1. The molecule has 2 aromatic carbocycles. The molecule has 1 N–H and O–H groups in total. The highest BCUT2D eigenvalue weighted by atomic mass is 32.2. The summed E-state index contributed by atoms with van der Waals surface area (Å²) >= 11 is 1.69. The lowest BCUT2D eigenvalue weighted by molar-refractivity contribution is -0.121. The van der Waals surface area contributed by atoms with E-state index in [0.29, 0.717) is 26.2 Å². The molecule has 1 saturated heterocycles. The summed E-state index contributed by atoms with van der Waals surface area (Å²) < 4.78 is 19.2. The van der Waals surface area contributed by atoms with Crippen molar-refractivity contribution >= 4 is 17.7 Å². The Kier molecular flexibility index (Phi) is 8.09. The molecule has 0 bridgehead atoms. The molecule has 29 heavy (non-hydrogen) atoms. The SMILES string of the molecule is Cc1ccc(SCCC(=O)NCC(c2cccc(F)c2)N2CCOCC2)cc1C. The lowest BCUT2D eigenvalue weighted by Gasteiger charge is -2.35. The van der Waals surface area contributed by atoms with Crippen LogP contribution in [-0.2, 0) is 9.53 Å². The monoisotopic (exact) mass is 416 g/mol. The Labute approximate surface area is 176 Å². The number of thioether (sulfide) groups is 1. The Balaban J connectivity index is 1.52. The fourth-order valence-corrected chi connectivity index (χ4v) is 4.37. The highest BCUT2D eigenvalue weighted by molar-refractivity contribution is 7.99. The third-order valence-electron chi connectivity index (χ3n) is 5.29. The second-order valence-corrected chi connectivity index (χ2v) is 8.54. The van der Waals surface area contributed by atoms with Crippen molar-refractivity contribution < 1.29 is 13.9 Å². The van der Waals surface area contributed by atoms with Crippen LogP contribution in [0.4, 0.5) is 4.39 Å². The second kappa shape index (κ2) is 10.8. The van der Waals surface area contributed by atoms with Crippen LogP contribution in [0.3, 0.4) is 0 Å². The average molecular weight is 417 g/mol. The number of ether oxygens (including phenoxy) is 1. The number of hydrogen-bond acceptors (Lipinski definition) is 4. The lowest BCUT2D eigenvalue weighted by atomic mass is 10.0. The molecule has 1 amide bonds.